The predicted octanol–water partition coefficient (Wildman–Crippen LogP) is 4.44. The van der Waals surface area contributed by atoms with Gasteiger partial charge in [0.2, 0.25) is 5.89 Å². The second-order valence-electron chi connectivity index (χ2n) is 4.18. The molecule has 1 aromatic heterocycles. The summed E-state index contributed by atoms with van der Waals surface area (Å²) in [6.45, 7) is 0. The van der Waals surface area contributed by atoms with Crippen LogP contribution in [0.15, 0.2) is 65.1 Å². The summed E-state index contributed by atoms with van der Waals surface area (Å²) >= 11 is 4.24. The summed E-state index contributed by atoms with van der Waals surface area (Å²) in [4.78, 5) is 4.53. The molecule has 0 aliphatic heterocycles. The molecule has 0 amide bonds. The maximum absolute atomic E-state index is 5.82. The normalized spacial score (nSPS) is 10.6. The summed E-state index contributed by atoms with van der Waals surface area (Å²) < 4.78 is 5.82. The lowest BCUT2D eigenvalue weighted by molar-refractivity contribution is 0.530. The van der Waals surface area contributed by atoms with Gasteiger partial charge in [-0.15, -0.1) is 0 Å². The van der Waals surface area contributed by atoms with Crippen molar-refractivity contribution in [2.24, 2.45) is 0 Å². The van der Waals surface area contributed by atoms with E-state index in [2.05, 4.69) is 17.6 Å². The third-order valence-electron chi connectivity index (χ3n) is 2.89. The average Bonchev–Trinajstić information content (AvgIpc) is 2.93. The SMILES string of the molecule is SCc1nc(-c2ccccc2)c(-c2ccccc2)o1. The van der Waals surface area contributed by atoms with Gasteiger partial charge < -0.3 is 4.42 Å². The first-order valence-corrected chi connectivity index (χ1v) is 6.73. The highest BCUT2D eigenvalue weighted by Gasteiger charge is 2.15. The van der Waals surface area contributed by atoms with Gasteiger partial charge in [0.1, 0.15) is 5.69 Å². The molecule has 0 aliphatic carbocycles. The largest absolute Gasteiger partial charge is 0.439 e. The minimum absolute atomic E-state index is 0.493. The fourth-order valence-electron chi connectivity index (χ4n) is 2.01. The Morgan fingerprint density at radius 2 is 1.42 bits per heavy atom. The minimum atomic E-state index is 0.493. The monoisotopic (exact) mass is 267 g/mol. The van der Waals surface area contributed by atoms with Gasteiger partial charge in [0.15, 0.2) is 5.76 Å². The maximum atomic E-state index is 5.82. The Balaban J connectivity index is 2.17. The highest BCUT2D eigenvalue weighted by Crippen LogP contribution is 2.32. The first-order chi connectivity index (χ1) is 9.38. The van der Waals surface area contributed by atoms with Crippen LogP contribution in [0.25, 0.3) is 22.6 Å². The van der Waals surface area contributed by atoms with E-state index in [1.54, 1.807) is 0 Å². The van der Waals surface area contributed by atoms with Gasteiger partial charge in [-0.05, 0) is 0 Å². The van der Waals surface area contributed by atoms with Gasteiger partial charge in [-0.2, -0.15) is 12.6 Å². The van der Waals surface area contributed by atoms with Crippen LogP contribution in [-0.2, 0) is 5.75 Å². The minimum Gasteiger partial charge on any atom is -0.439 e. The molecular weight excluding hydrogens is 254 g/mol. The van der Waals surface area contributed by atoms with E-state index in [-0.39, 0.29) is 0 Å². The van der Waals surface area contributed by atoms with E-state index < -0.39 is 0 Å². The molecule has 0 fully saturated rings. The molecule has 2 aromatic carbocycles. The van der Waals surface area contributed by atoms with Gasteiger partial charge in [0, 0.05) is 11.1 Å². The Morgan fingerprint density at radius 1 is 0.842 bits per heavy atom. The van der Waals surface area contributed by atoms with Crippen molar-refractivity contribution in [1.82, 2.24) is 4.98 Å². The number of benzene rings is 2. The van der Waals surface area contributed by atoms with E-state index in [0.717, 1.165) is 22.6 Å². The van der Waals surface area contributed by atoms with Gasteiger partial charge in [0.25, 0.3) is 0 Å². The van der Waals surface area contributed by atoms with E-state index in [9.17, 15) is 0 Å². The van der Waals surface area contributed by atoms with Crippen molar-refractivity contribution in [3.8, 4) is 22.6 Å². The van der Waals surface area contributed by atoms with Crippen LogP contribution in [0.4, 0.5) is 0 Å². The summed E-state index contributed by atoms with van der Waals surface area (Å²) in [5.41, 5.74) is 2.95. The van der Waals surface area contributed by atoms with Crippen LogP contribution in [0.3, 0.4) is 0 Å². The fourth-order valence-corrected chi connectivity index (χ4v) is 2.14. The van der Waals surface area contributed by atoms with E-state index in [1.807, 2.05) is 60.7 Å². The highest BCUT2D eigenvalue weighted by molar-refractivity contribution is 7.79. The van der Waals surface area contributed by atoms with Gasteiger partial charge in [-0.3, -0.25) is 0 Å². The van der Waals surface area contributed by atoms with E-state index in [0.29, 0.717) is 11.6 Å². The summed E-state index contributed by atoms with van der Waals surface area (Å²) in [7, 11) is 0. The van der Waals surface area contributed by atoms with Crippen molar-refractivity contribution >= 4 is 12.6 Å². The molecule has 3 heteroatoms. The third-order valence-corrected chi connectivity index (χ3v) is 3.16. The molecule has 0 spiro atoms. The number of hydrogen-bond donors (Lipinski definition) is 1. The first-order valence-electron chi connectivity index (χ1n) is 6.10. The zero-order valence-corrected chi connectivity index (χ0v) is 11.2. The number of nitrogens with zero attached hydrogens (tertiary/aromatic N) is 1. The molecule has 19 heavy (non-hydrogen) atoms. The Morgan fingerprint density at radius 3 is 2.00 bits per heavy atom. The standard InChI is InChI=1S/C16H13NOS/c19-11-14-17-15(12-7-3-1-4-8-12)16(18-14)13-9-5-2-6-10-13/h1-10,19H,11H2. The van der Waals surface area contributed by atoms with Crippen LogP contribution >= 0.6 is 12.6 Å². The van der Waals surface area contributed by atoms with Crippen molar-refractivity contribution < 1.29 is 4.42 Å². The Labute approximate surface area is 117 Å². The van der Waals surface area contributed by atoms with Crippen molar-refractivity contribution in [3.63, 3.8) is 0 Å². The summed E-state index contributed by atoms with van der Waals surface area (Å²) in [5, 5.41) is 0. The van der Waals surface area contributed by atoms with Crippen LogP contribution < -0.4 is 0 Å². The smallest absolute Gasteiger partial charge is 0.205 e. The Bertz CT molecular complexity index is 605. The van der Waals surface area contributed by atoms with Gasteiger partial charge in [-0.1, -0.05) is 60.7 Å². The molecule has 0 saturated heterocycles. The molecule has 0 radical (unpaired) electrons. The van der Waals surface area contributed by atoms with Gasteiger partial charge in [0.05, 0.1) is 5.75 Å². The molecule has 0 atom stereocenters. The van der Waals surface area contributed by atoms with Crippen LogP contribution in [0.1, 0.15) is 5.89 Å². The van der Waals surface area contributed by atoms with Crippen molar-refractivity contribution in [2.75, 3.05) is 0 Å². The Kier molecular flexibility index (Phi) is 3.38. The van der Waals surface area contributed by atoms with Crippen LogP contribution in [-0.4, -0.2) is 4.98 Å². The molecule has 0 bridgehead atoms. The fraction of sp³-hybridized carbons (Fsp3) is 0.0625. The molecule has 0 saturated carbocycles. The van der Waals surface area contributed by atoms with Crippen molar-refractivity contribution in [1.29, 1.82) is 0 Å². The van der Waals surface area contributed by atoms with Gasteiger partial charge in [-0.25, -0.2) is 4.98 Å². The molecule has 0 N–H and O–H groups in total. The summed E-state index contributed by atoms with van der Waals surface area (Å²) in [6.07, 6.45) is 0. The molecular formula is C16H13NOS. The topological polar surface area (TPSA) is 26.0 Å². The number of thiol groups is 1. The van der Waals surface area contributed by atoms with E-state index in [4.69, 9.17) is 4.42 Å². The summed E-state index contributed by atoms with van der Waals surface area (Å²) in [5.74, 6) is 1.93. The summed E-state index contributed by atoms with van der Waals surface area (Å²) in [6, 6.07) is 20.1. The lowest BCUT2D eigenvalue weighted by Gasteiger charge is -2.00. The second-order valence-corrected chi connectivity index (χ2v) is 4.49. The zero-order valence-electron chi connectivity index (χ0n) is 10.3. The van der Waals surface area contributed by atoms with Crippen molar-refractivity contribution in [3.05, 3.63) is 66.6 Å². The number of rotatable bonds is 3. The lowest BCUT2D eigenvalue weighted by Crippen LogP contribution is -1.82. The number of hydrogen-bond acceptors (Lipinski definition) is 3. The molecule has 0 aliphatic rings. The number of aromatic nitrogens is 1. The van der Waals surface area contributed by atoms with Crippen LogP contribution in [0.2, 0.25) is 0 Å². The quantitative estimate of drug-likeness (QED) is 0.710. The van der Waals surface area contributed by atoms with Gasteiger partial charge >= 0.3 is 0 Å². The van der Waals surface area contributed by atoms with E-state index in [1.165, 1.54) is 0 Å². The molecule has 0 unspecified atom stereocenters. The molecule has 1 heterocycles. The first kappa shape index (κ1) is 12.1. The zero-order chi connectivity index (χ0) is 13.1. The molecule has 94 valence electrons. The predicted molar refractivity (Wildman–Crippen MR) is 80.1 cm³/mol. The van der Waals surface area contributed by atoms with Crippen molar-refractivity contribution in [2.45, 2.75) is 5.75 Å². The van der Waals surface area contributed by atoms with Crippen LogP contribution in [0.5, 0.6) is 0 Å². The molecule has 2 nitrogen and oxygen atoms in total. The average molecular weight is 267 g/mol. The van der Waals surface area contributed by atoms with E-state index >= 15 is 0 Å². The lowest BCUT2D eigenvalue weighted by atomic mass is 10.1. The molecule has 3 aromatic rings. The molecule has 3 rings (SSSR count). The highest BCUT2D eigenvalue weighted by atomic mass is 32.1. The second kappa shape index (κ2) is 5.33. The van der Waals surface area contributed by atoms with Crippen LogP contribution in [0, 0.1) is 0 Å². The third kappa shape index (κ3) is 2.42. The number of oxazole rings is 1. The maximum Gasteiger partial charge on any atom is 0.205 e. The Hall–Kier alpha value is -2.00.